The van der Waals surface area contributed by atoms with Gasteiger partial charge in [-0.1, -0.05) is 17.7 Å². The van der Waals surface area contributed by atoms with E-state index in [9.17, 15) is 0 Å². The Balaban J connectivity index is 0.00000289. The van der Waals surface area contributed by atoms with E-state index in [1.54, 1.807) is 0 Å². The zero-order valence-corrected chi connectivity index (χ0v) is 11.4. The van der Waals surface area contributed by atoms with Gasteiger partial charge in [-0.25, -0.2) is 10.8 Å². The second kappa shape index (κ2) is 6.83. The van der Waals surface area contributed by atoms with Gasteiger partial charge in [0.15, 0.2) is 0 Å². The van der Waals surface area contributed by atoms with Gasteiger partial charge < -0.3 is 23.9 Å². The fraction of sp³-hybridized carbons (Fsp3) is 0.273. The highest BCUT2D eigenvalue weighted by Gasteiger charge is 2.03. The molecule has 1 aromatic carbocycles. The van der Waals surface area contributed by atoms with Crippen molar-refractivity contribution >= 4 is 17.6 Å². The van der Waals surface area contributed by atoms with Crippen molar-refractivity contribution in [3.8, 4) is 0 Å². The molecule has 1 rings (SSSR count). The van der Waals surface area contributed by atoms with Crippen molar-refractivity contribution in [3.63, 3.8) is 0 Å². The standard InChI is InChI=1S/C11H18N6.ClH/c1-6-4-7(2)9(8(3)5-6)15-10(12)16-11(13)17-14;/h4-5H,14H2,1-3H3,(H5,12,13,15,16,17);1H/p-1. The van der Waals surface area contributed by atoms with E-state index in [0.717, 1.165) is 16.8 Å². The third kappa shape index (κ3) is 4.23. The van der Waals surface area contributed by atoms with Crippen LogP contribution in [-0.4, -0.2) is 11.9 Å². The lowest BCUT2D eigenvalue weighted by atomic mass is 10.1. The molecule has 0 spiro atoms. The number of guanidine groups is 2. The van der Waals surface area contributed by atoms with Crippen LogP contribution in [-0.2, 0) is 0 Å². The number of aryl methyl sites for hydroxylation is 3. The molecule has 0 radical (unpaired) electrons. The fourth-order valence-corrected chi connectivity index (χ4v) is 1.64. The lowest BCUT2D eigenvalue weighted by Crippen LogP contribution is -3.00. The molecule has 0 saturated heterocycles. The minimum absolute atomic E-state index is 0. The van der Waals surface area contributed by atoms with Crippen molar-refractivity contribution in [2.45, 2.75) is 20.8 Å². The van der Waals surface area contributed by atoms with Crippen LogP contribution < -0.4 is 35.1 Å². The third-order valence-corrected chi connectivity index (χ3v) is 2.24. The highest BCUT2D eigenvalue weighted by atomic mass is 35.5. The molecule has 18 heavy (non-hydrogen) atoms. The number of nitrogens with two attached hydrogens (primary N) is 3. The largest absolute Gasteiger partial charge is 1.00 e. The van der Waals surface area contributed by atoms with Gasteiger partial charge in [0.25, 0.3) is 0 Å². The number of nitrogens with one attached hydrogen (secondary N) is 1. The number of rotatable bonds is 1. The Morgan fingerprint density at radius 2 is 1.61 bits per heavy atom. The van der Waals surface area contributed by atoms with Crippen LogP contribution >= 0.6 is 0 Å². The molecule has 7 heteroatoms. The van der Waals surface area contributed by atoms with E-state index in [-0.39, 0.29) is 24.3 Å². The molecule has 0 heterocycles. The second-order valence-electron chi connectivity index (χ2n) is 3.86. The summed E-state index contributed by atoms with van der Waals surface area (Å²) in [7, 11) is 0. The molecule has 7 N–H and O–H groups in total. The minimum atomic E-state index is 0. The predicted octanol–water partition coefficient (Wildman–Crippen LogP) is -2.66. The van der Waals surface area contributed by atoms with Gasteiger partial charge in [0.2, 0.25) is 11.9 Å². The molecule has 0 bridgehead atoms. The molecule has 0 unspecified atom stereocenters. The Hall–Kier alpha value is -1.79. The van der Waals surface area contributed by atoms with Crippen molar-refractivity contribution in [3.05, 3.63) is 28.8 Å². The summed E-state index contributed by atoms with van der Waals surface area (Å²) in [6.07, 6.45) is 0. The Bertz CT molecular complexity index is 457. The zero-order valence-electron chi connectivity index (χ0n) is 10.7. The smallest absolute Gasteiger partial charge is 0.223 e. The average molecular weight is 270 g/mol. The van der Waals surface area contributed by atoms with Gasteiger partial charge in [-0.3, -0.25) is 5.43 Å². The van der Waals surface area contributed by atoms with Crippen molar-refractivity contribution < 1.29 is 12.4 Å². The number of aliphatic imine (C=N–C) groups is 2. The number of benzene rings is 1. The van der Waals surface area contributed by atoms with E-state index in [0.29, 0.717) is 0 Å². The number of nitrogens with zero attached hydrogens (tertiary/aromatic N) is 2. The Kier molecular flexibility index (Phi) is 6.15. The van der Waals surface area contributed by atoms with E-state index in [2.05, 4.69) is 15.4 Å². The molecular weight excluding hydrogens is 252 g/mol. The summed E-state index contributed by atoms with van der Waals surface area (Å²) >= 11 is 0. The fourth-order valence-electron chi connectivity index (χ4n) is 1.64. The first kappa shape index (κ1) is 16.2. The van der Waals surface area contributed by atoms with Gasteiger partial charge in [0.1, 0.15) is 0 Å². The molecule has 0 aliphatic rings. The first-order chi connectivity index (χ1) is 7.93. The summed E-state index contributed by atoms with van der Waals surface area (Å²) < 4.78 is 0. The van der Waals surface area contributed by atoms with Gasteiger partial charge in [-0.15, -0.1) is 0 Å². The van der Waals surface area contributed by atoms with Crippen molar-refractivity contribution in [1.29, 1.82) is 0 Å². The Morgan fingerprint density at radius 1 is 1.11 bits per heavy atom. The van der Waals surface area contributed by atoms with E-state index in [4.69, 9.17) is 17.3 Å². The second-order valence-corrected chi connectivity index (χ2v) is 3.86. The minimum Gasteiger partial charge on any atom is -1.00 e. The Labute approximate surface area is 113 Å². The van der Waals surface area contributed by atoms with E-state index < -0.39 is 0 Å². The quantitative estimate of drug-likeness (QED) is 0.193. The summed E-state index contributed by atoms with van der Waals surface area (Å²) in [6, 6.07) is 4.07. The topological polar surface area (TPSA) is 115 Å². The molecule has 0 amide bonds. The molecule has 6 nitrogen and oxygen atoms in total. The maximum absolute atomic E-state index is 5.64. The van der Waals surface area contributed by atoms with E-state index in [1.807, 2.05) is 32.9 Å². The number of hydrogen-bond donors (Lipinski definition) is 4. The maximum atomic E-state index is 5.64. The van der Waals surface area contributed by atoms with Gasteiger partial charge in [0.05, 0.1) is 5.69 Å². The van der Waals surface area contributed by atoms with Gasteiger partial charge in [0, 0.05) is 0 Å². The van der Waals surface area contributed by atoms with E-state index in [1.165, 1.54) is 5.56 Å². The van der Waals surface area contributed by atoms with E-state index >= 15 is 0 Å². The number of halogens is 1. The lowest BCUT2D eigenvalue weighted by Gasteiger charge is -2.07. The van der Waals surface area contributed by atoms with Crippen LogP contribution in [0.4, 0.5) is 5.69 Å². The average Bonchev–Trinajstić information content (AvgIpc) is 2.23. The molecular formula is C11H18ClN6-. The Morgan fingerprint density at radius 3 is 2.06 bits per heavy atom. The zero-order chi connectivity index (χ0) is 13.0. The normalized spacial score (nSPS) is 12.0. The van der Waals surface area contributed by atoms with Crippen LogP contribution in [0.5, 0.6) is 0 Å². The summed E-state index contributed by atoms with van der Waals surface area (Å²) in [5, 5.41) is 0. The van der Waals surface area contributed by atoms with Crippen LogP contribution in [0.2, 0.25) is 0 Å². The van der Waals surface area contributed by atoms with Gasteiger partial charge in [-0.05, 0) is 31.9 Å². The molecule has 0 atom stereocenters. The SMILES string of the molecule is Cc1cc(C)c(N=C(N)/N=C(\N)NN)c(C)c1.[Cl-]. The summed E-state index contributed by atoms with van der Waals surface area (Å²) in [5.41, 5.74) is 17.3. The van der Waals surface area contributed by atoms with Gasteiger partial charge in [-0.2, -0.15) is 4.99 Å². The summed E-state index contributed by atoms with van der Waals surface area (Å²) in [5.74, 6) is 5.16. The van der Waals surface area contributed by atoms with Crippen LogP contribution in [0, 0.1) is 20.8 Å². The molecule has 0 aliphatic heterocycles. The van der Waals surface area contributed by atoms with Crippen molar-refractivity contribution in [1.82, 2.24) is 5.43 Å². The first-order valence-corrected chi connectivity index (χ1v) is 5.17. The number of hydrogen-bond acceptors (Lipinski definition) is 2. The molecule has 0 aromatic heterocycles. The first-order valence-electron chi connectivity index (χ1n) is 5.17. The lowest BCUT2D eigenvalue weighted by molar-refractivity contribution is -0.00000427. The molecule has 0 fully saturated rings. The highest BCUT2D eigenvalue weighted by molar-refractivity contribution is 5.94. The number of hydrazine groups is 1. The van der Waals surface area contributed by atoms with Gasteiger partial charge >= 0.3 is 0 Å². The maximum Gasteiger partial charge on any atom is 0.223 e. The van der Waals surface area contributed by atoms with Crippen LogP contribution in [0.3, 0.4) is 0 Å². The molecule has 100 valence electrons. The van der Waals surface area contributed by atoms with Crippen molar-refractivity contribution in [2.24, 2.45) is 27.3 Å². The third-order valence-electron chi connectivity index (χ3n) is 2.24. The predicted molar refractivity (Wildman–Crippen MR) is 70.9 cm³/mol. The molecule has 0 aliphatic carbocycles. The monoisotopic (exact) mass is 269 g/mol. The summed E-state index contributed by atoms with van der Waals surface area (Å²) in [6.45, 7) is 5.98. The van der Waals surface area contributed by atoms with Crippen LogP contribution in [0.25, 0.3) is 0 Å². The summed E-state index contributed by atoms with van der Waals surface area (Å²) in [4.78, 5) is 8.00. The van der Waals surface area contributed by atoms with Crippen molar-refractivity contribution in [2.75, 3.05) is 0 Å². The highest BCUT2D eigenvalue weighted by Crippen LogP contribution is 2.24. The molecule has 1 aromatic rings. The molecule has 0 saturated carbocycles. The van der Waals surface area contributed by atoms with Crippen LogP contribution in [0.15, 0.2) is 22.1 Å². The van der Waals surface area contributed by atoms with Crippen LogP contribution in [0.1, 0.15) is 16.7 Å².